The van der Waals surface area contributed by atoms with Crippen LogP contribution < -0.4 is 4.74 Å². The van der Waals surface area contributed by atoms with Crippen LogP contribution in [0.1, 0.15) is 10.4 Å². The van der Waals surface area contributed by atoms with E-state index in [4.69, 9.17) is 23.2 Å². The molecular weight excluding hydrogens is 329 g/mol. The zero-order valence-electron chi connectivity index (χ0n) is 7.65. The van der Waals surface area contributed by atoms with E-state index in [9.17, 15) is 13.6 Å². The number of halogens is 5. The predicted octanol–water partition coefficient (Wildman–Crippen LogP) is 4.17. The van der Waals surface area contributed by atoms with Crippen molar-refractivity contribution in [3.63, 3.8) is 0 Å². The van der Waals surface area contributed by atoms with Crippen LogP contribution in [0.5, 0.6) is 5.75 Å². The molecular formula is C9H5BrCl2F2O2. The largest absolute Gasteiger partial charge is 0.432 e. The van der Waals surface area contributed by atoms with Crippen LogP contribution in [0.25, 0.3) is 0 Å². The van der Waals surface area contributed by atoms with Gasteiger partial charge in [0.1, 0.15) is 5.02 Å². The maximum absolute atomic E-state index is 12.1. The van der Waals surface area contributed by atoms with Gasteiger partial charge in [-0.05, 0) is 12.1 Å². The molecule has 88 valence electrons. The molecule has 2 nitrogen and oxygen atoms in total. The normalized spacial score (nSPS) is 10.6. The van der Waals surface area contributed by atoms with Crippen LogP contribution in [-0.2, 0) is 0 Å². The fourth-order valence-electron chi connectivity index (χ4n) is 1.03. The number of rotatable bonds is 4. The first-order valence-corrected chi connectivity index (χ1v) is 5.87. The number of Topliss-reactive ketones (excluding diaryl/α,β-unsaturated/α-hetero) is 1. The summed E-state index contributed by atoms with van der Waals surface area (Å²) >= 11 is 14.2. The molecule has 7 heteroatoms. The third kappa shape index (κ3) is 3.06. The molecule has 0 unspecified atom stereocenters. The van der Waals surface area contributed by atoms with Crippen molar-refractivity contribution in [3.05, 3.63) is 27.7 Å². The van der Waals surface area contributed by atoms with Crippen LogP contribution >= 0.6 is 39.1 Å². The zero-order chi connectivity index (χ0) is 12.3. The number of carbonyl (C=O) groups is 1. The minimum Gasteiger partial charge on any atom is -0.432 e. The monoisotopic (exact) mass is 332 g/mol. The lowest BCUT2D eigenvalue weighted by atomic mass is 10.1. The number of ketones is 1. The second kappa shape index (κ2) is 5.80. The van der Waals surface area contributed by atoms with Gasteiger partial charge in [-0.1, -0.05) is 39.1 Å². The molecule has 0 aliphatic rings. The van der Waals surface area contributed by atoms with E-state index in [1.54, 1.807) is 0 Å². The third-order valence-corrected chi connectivity index (χ3v) is 2.97. The number of benzene rings is 1. The molecule has 1 aromatic rings. The van der Waals surface area contributed by atoms with Gasteiger partial charge in [-0.25, -0.2) is 0 Å². The molecule has 0 bridgehead atoms. The van der Waals surface area contributed by atoms with Gasteiger partial charge in [0, 0.05) is 0 Å². The molecule has 0 aliphatic heterocycles. The van der Waals surface area contributed by atoms with Crippen molar-refractivity contribution >= 4 is 44.9 Å². The summed E-state index contributed by atoms with van der Waals surface area (Å²) in [5, 5.41) is -0.179. The Kier molecular flexibility index (Phi) is 4.95. The first kappa shape index (κ1) is 13.7. The van der Waals surface area contributed by atoms with E-state index in [1.165, 1.54) is 12.1 Å². The lowest BCUT2D eigenvalue weighted by Crippen LogP contribution is -2.09. The number of alkyl halides is 3. The topological polar surface area (TPSA) is 26.3 Å². The van der Waals surface area contributed by atoms with Crippen LogP contribution in [0.4, 0.5) is 8.78 Å². The van der Waals surface area contributed by atoms with Crippen LogP contribution in [0.15, 0.2) is 12.1 Å². The summed E-state index contributed by atoms with van der Waals surface area (Å²) in [6, 6.07) is 2.63. The summed E-state index contributed by atoms with van der Waals surface area (Å²) in [4.78, 5) is 11.4. The highest BCUT2D eigenvalue weighted by Crippen LogP contribution is 2.36. The Hall–Kier alpha value is -0.390. The Bertz CT molecular complexity index is 413. The summed E-state index contributed by atoms with van der Waals surface area (Å²) in [6.07, 6.45) is 0. The summed E-state index contributed by atoms with van der Waals surface area (Å²) in [6.45, 7) is -3.07. The number of carbonyl (C=O) groups excluding carboxylic acids is 1. The molecule has 16 heavy (non-hydrogen) atoms. The minimum absolute atomic E-state index is 0.0233. The average Bonchev–Trinajstić information content (AvgIpc) is 2.23. The highest BCUT2D eigenvalue weighted by Gasteiger charge is 2.20. The second-order valence-electron chi connectivity index (χ2n) is 2.67. The predicted molar refractivity (Wildman–Crippen MR) is 61.2 cm³/mol. The highest BCUT2D eigenvalue weighted by molar-refractivity contribution is 9.09. The van der Waals surface area contributed by atoms with E-state index in [-0.39, 0.29) is 20.9 Å². The Labute approximate surface area is 109 Å². The Morgan fingerprint density at radius 2 is 2.06 bits per heavy atom. The van der Waals surface area contributed by atoms with Gasteiger partial charge in [0.05, 0.1) is 15.9 Å². The molecule has 0 radical (unpaired) electrons. The second-order valence-corrected chi connectivity index (χ2v) is 4.02. The minimum atomic E-state index is -3.07. The molecule has 1 rings (SSSR count). The van der Waals surface area contributed by atoms with Gasteiger partial charge in [-0.15, -0.1) is 0 Å². The molecule has 0 heterocycles. The van der Waals surface area contributed by atoms with Crippen molar-refractivity contribution in [1.29, 1.82) is 0 Å². The van der Waals surface area contributed by atoms with Crippen molar-refractivity contribution in [3.8, 4) is 5.75 Å². The maximum Gasteiger partial charge on any atom is 0.387 e. The number of ether oxygens (including phenoxy) is 1. The zero-order valence-corrected chi connectivity index (χ0v) is 10.7. The molecule has 0 aromatic heterocycles. The SMILES string of the molecule is O=C(CBr)c1ccc(Cl)c(Cl)c1OC(F)F. The quantitative estimate of drug-likeness (QED) is 0.610. The average molecular weight is 334 g/mol. The summed E-state index contributed by atoms with van der Waals surface area (Å²) in [5.41, 5.74) is -0.0356. The molecule has 1 aromatic carbocycles. The van der Waals surface area contributed by atoms with Gasteiger partial charge in [-0.3, -0.25) is 4.79 Å². The lowest BCUT2D eigenvalue weighted by Gasteiger charge is -2.11. The van der Waals surface area contributed by atoms with Crippen molar-refractivity contribution in [1.82, 2.24) is 0 Å². The fraction of sp³-hybridized carbons (Fsp3) is 0.222. The van der Waals surface area contributed by atoms with Crippen LogP contribution in [0, 0.1) is 0 Å². The standard InChI is InChI=1S/C9H5BrCl2F2O2/c10-3-6(15)4-1-2-5(11)7(12)8(4)16-9(13)14/h1-2,9H,3H2. The summed E-state index contributed by atoms with van der Waals surface area (Å²) < 4.78 is 28.5. The van der Waals surface area contributed by atoms with E-state index in [1.807, 2.05) is 0 Å². The lowest BCUT2D eigenvalue weighted by molar-refractivity contribution is -0.0500. The summed E-state index contributed by atoms with van der Waals surface area (Å²) in [5.74, 6) is -0.817. The smallest absolute Gasteiger partial charge is 0.387 e. The van der Waals surface area contributed by atoms with E-state index in [2.05, 4.69) is 20.7 Å². The van der Waals surface area contributed by atoms with Crippen molar-refractivity contribution in [2.45, 2.75) is 6.61 Å². The molecule has 0 spiro atoms. The van der Waals surface area contributed by atoms with Crippen molar-refractivity contribution in [2.24, 2.45) is 0 Å². The Balaban J connectivity index is 3.27. The van der Waals surface area contributed by atoms with Gasteiger partial charge in [0.25, 0.3) is 0 Å². The van der Waals surface area contributed by atoms with Crippen molar-refractivity contribution < 1.29 is 18.3 Å². The van der Waals surface area contributed by atoms with Crippen LogP contribution in [0.2, 0.25) is 10.0 Å². The highest BCUT2D eigenvalue weighted by atomic mass is 79.9. The first-order chi connectivity index (χ1) is 7.47. The van der Waals surface area contributed by atoms with Crippen LogP contribution in [0.3, 0.4) is 0 Å². The van der Waals surface area contributed by atoms with E-state index in [0.717, 1.165) is 0 Å². The van der Waals surface area contributed by atoms with E-state index >= 15 is 0 Å². The molecule has 0 fully saturated rings. The fourth-order valence-corrected chi connectivity index (χ4v) is 1.69. The Morgan fingerprint density at radius 3 is 2.56 bits per heavy atom. The van der Waals surface area contributed by atoms with Crippen LogP contribution in [-0.4, -0.2) is 17.7 Å². The van der Waals surface area contributed by atoms with Gasteiger partial charge in [-0.2, -0.15) is 8.78 Å². The first-order valence-electron chi connectivity index (χ1n) is 3.99. The third-order valence-electron chi connectivity index (χ3n) is 1.68. The van der Waals surface area contributed by atoms with Gasteiger partial charge >= 0.3 is 6.61 Å². The summed E-state index contributed by atoms with van der Waals surface area (Å²) in [7, 11) is 0. The Morgan fingerprint density at radius 1 is 1.44 bits per heavy atom. The molecule has 0 N–H and O–H groups in total. The van der Waals surface area contributed by atoms with Gasteiger partial charge < -0.3 is 4.74 Å². The number of hydrogen-bond acceptors (Lipinski definition) is 2. The van der Waals surface area contributed by atoms with Gasteiger partial charge in [0.15, 0.2) is 11.5 Å². The number of hydrogen-bond donors (Lipinski definition) is 0. The molecule has 0 saturated heterocycles. The maximum atomic E-state index is 12.1. The van der Waals surface area contributed by atoms with E-state index < -0.39 is 18.1 Å². The van der Waals surface area contributed by atoms with E-state index in [0.29, 0.717) is 0 Å². The molecule has 0 aliphatic carbocycles. The molecule has 0 saturated carbocycles. The molecule has 0 amide bonds. The van der Waals surface area contributed by atoms with Crippen molar-refractivity contribution in [2.75, 3.05) is 5.33 Å². The van der Waals surface area contributed by atoms with Gasteiger partial charge in [0.2, 0.25) is 0 Å². The molecule has 0 atom stereocenters.